The number of hydrogen-bond acceptors (Lipinski definition) is 1. The number of aromatic nitrogens is 1. The third kappa shape index (κ3) is 3.19. The first-order valence-corrected chi connectivity index (χ1v) is 8.41. The molecule has 3 rings (SSSR count). The van der Waals surface area contributed by atoms with E-state index in [-0.39, 0.29) is 6.04 Å². The molecule has 0 aliphatic carbocycles. The monoisotopic (exact) mass is 304 g/mol. The van der Waals surface area contributed by atoms with Crippen LogP contribution in [-0.4, -0.2) is 28.1 Å². The molecule has 1 N–H and O–H groups in total. The lowest BCUT2D eigenvalue weighted by Gasteiger charge is -2.41. The van der Waals surface area contributed by atoms with Crippen molar-refractivity contribution < 1.29 is 4.39 Å². The second kappa shape index (κ2) is 6.41. The lowest BCUT2D eigenvalue weighted by Crippen LogP contribution is -2.46. The minimum absolute atomic E-state index is 0.233. The van der Waals surface area contributed by atoms with Gasteiger partial charge in [-0.25, -0.2) is 4.39 Å². The van der Waals surface area contributed by atoms with Gasteiger partial charge in [0.1, 0.15) is 5.67 Å². The molecule has 0 bridgehead atoms. The van der Waals surface area contributed by atoms with Crippen LogP contribution in [0.4, 0.5) is 4.39 Å². The average Bonchev–Trinajstić information content (AvgIpc) is 2.84. The quantitative estimate of drug-likeness (QED) is 0.803. The number of fused-ring (bicyclic) bond motifs is 3. The van der Waals surface area contributed by atoms with E-state index in [1.54, 1.807) is 13.8 Å². The Hall–Kier alpha value is -1.35. The van der Waals surface area contributed by atoms with Gasteiger partial charge in [-0.05, 0) is 45.7 Å². The summed E-state index contributed by atoms with van der Waals surface area (Å²) in [6, 6.07) is 9.04. The molecule has 0 saturated heterocycles. The number of benzene rings is 1. The van der Waals surface area contributed by atoms with Crippen LogP contribution in [-0.2, 0) is 6.42 Å². The summed E-state index contributed by atoms with van der Waals surface area (Å²) in [6.45, 7) is 12.2. The van der Waals surface area contributed by atoms with Crippen molar-refractivity contribution in [2.24, 2.45) is 0 Å². The maximum Gasteiger partial charge on any atom is 0.118 e. The Morgan fingerprint density at radius 2 is 1.86 bits per heavy atom. The Labute approximate surface area is 133 Å². The van der Waals surface area contributed by atoms with Crippen LogP contribution in [0.15, 0.2) is 24.3 Å². The molecule has 0 fully saturated rings. The SMILES string of the molecule is CC.CC1Cc2c([nH]c3ccccc23)C(C)N1CC(C)(C)F. The highest BCUT2D eigenvalue weighted by Crippen LogP contribution is 2.37. The summed E-state index contributed by atoms with van der Waals surface area (Å²) in [5.74, 6) is 0. The summed E-state index contributed by atoms with van der Waals surface area (Å²) in [6.07, 6.45) is 0.986. The summed E-state index contributed by atoms with van der Waals surface area (Å²) in [5.41, 5.74) is 2.70. The van der Waals surface area contributed by atoms with E-state index in [2.05, 4.69) is 48.0 Å². The van der Waals surface area contributed by atoms with Crippen LogP contribution in [0.5, 0.6) is 0 Å². The molecule has 22 heavy (non-hydrogen) atoms. The van der Waals surface area contributed by atoms with Gasteiger partial charge in [0.05, 0.1) is 0 Å². The van der Waals surface area contributed by atoms with Gasteiger partial charge in [-0.1, -0.05) is 32.0 Å². The van der Waals surface area contributed by atoms with Crippen molar-refractivity contribution in [3.05, 3.63) is 35.5 Å². The van der Waals surface area contributed by atoms with Gasteiger partial charge in [-0.15, -0.1) is 0 Å². The van der Waals surface area contributed by atoms with Gasteiger partial charge in [0.25, 0.3) is 0 Å². The topological polar surface area (TPSA) is 19.0 Å². The van der Waals surface area contributed by atoms with E-state index in [1.165, 1.54) is 22.2 Å². The molecule has 1 aliphatic heterocycles. The third-order valence-corrected chi connectivity index (χ3v) is 4.39. The smallest absolute Gasteiger partial charge is 0.118 e. The molecule has 2 aromatic rings. The summed E-state index contributed by atoms with van der Waals surface area (Å²) < 4.78 is 14.0. The molecule has 0 amide bonds. The first kappa shape index (κ1) is 17.0. The number of nitrogens with zero attached hydrogens (tertiary/aromatic N) is 1. The number of aromatic amines is 1. The summed E-state index contributed by atoms with van der Waals surface area (Å²) in [5, 5.41) is 1.32. The van der Waals surface area contributed by atoms with Crippen molar-refractivity contribution in [1.29, 1.82) is 0 Å². The molecule has 1 aromatic heterocycles. The first-order chi connectivity index (χ1) is 10.4. The van der Waals surface area contributed by atoms with Gasteiger partial charge >= 0.3 is 0 Å². The number of halogens is 1. The van der Waals surface area contributed by atoms with Gasteiger partial charge in [0.15, 0.2) is 0 Å². The van der Waals surface area contributed by atoms with Crippen LogP contribution in [0.2, 0.25) is 0 Å². The van der Waals surface area contributed by atoms with E-state index in [4.69, 9.17) is 0 Å². The van der Waals surface area contributed by atoms with Crippen LogP contribution in [0.3, 0.4) is 0 Å². The maximum absolute atomic E-state index is 14.0. The molecule has 1 aliphatic rings. The minimum atomic E-state index is -1.16. The number of rotatable bonds is 2. The van der Waals surface area contributed by atoms with E-state index in [0.717, 1.165) is 6.42 Å². The van der Waals surface area contributed by atoms with Gasteiger partial charge in [-0.3, -0.25) is 4.90 Å². The van der Waals surface area contributed by atoms with Crippen molar-refractivity contribution in [2.75, 3.05) is 6.54 Å². The molecule has 2 nitrogen and oxygen atoms in total. The van der Waals surface area contributed by atoms with E-state index in [0.29, 0.717) is 12.6 Å². The predicted octanol–water partition coefficient (Wildman–Crippen LogP) is 5.25. The van der Waals surface area contributed by atoms with Crippen LogP contribution in [0.1, 0.15) is 58.8 Å². The van der Waals surface area contributed by atoms with Crippen LogP contribution in [0.25, 0.3) is 10.9 Å². The number of hydrogen-bond donors (Lipinski definition) is 1. The molecule has 2 heterocycles. The standard InChI is InChI=1S/C17H23FN2.C2H6/c1-11-9-14-13-7-5-6-8-15(13)19-16(14)12(2)20(11)10-17(3,4)18;1-2/h5-8,11-12,19H,9-10H2,1-4H3;1-2H3. The minimum Gasteiger partial charge on any atom is -0.357 e. The maximum atomic E-state index is 14.0. The Morgan fingerprint density at radius 1 is 1.23 bits per heavy atom. The molecular formula is C19H29FN2. The molecule has 0 spiro atoms. The highest BCUT2D eigenvalue weighted by atomic mass is 19.1. The average molecular weight is 304 g/mol. The van der Waals surface area contributed by atoms with Gasteiger partial charge in [-0.2, -0.15) is 0 Å². The normalized spacial score (nSPS) is 22.1. The second-order valence-corrected chi connectivity index (χ2v) is 6.68. The fourth-order valence-corrected chi connectivity index (χ4v) is 3.48. The fraction of sp³-hybridized carbons (Fsp3) is 0.579. The molecule has 2 atom stereocenters. The van der Waals surface area contributed by atoms with Gasteiger partial charge in [0, 0.05) is 35.2 Å². The summed E-state index contributed by atoms with van der Waals surface area (Å²) >= 11 is 0. The predicted molar refractivity (Wildman–Crippen MR) is 93.1 cm³/mol. The number of alkyl halides is 1. The van der Waals surface area contributed by atoms with Crippen molar-refractivity contribution in [1.82, 2.24) is 9.88 Å². The zero-order valence-electron chi connectivity index (χ0n) is 14.7. The second-order valence-electron chi connectivity index (χ2n) is 6.68. The summed E-state index contributed by atoms with van der Waals surface area (Å²) in [7, 11) is 0. The number of para-hydroxylation sites is 1. The zero-order chi connectivity index (χ0) is 16.5. The zero-order valence-corrected chi connectivity index (χ0v) is 14.7. The first-order valence-electron chi connectivity index (χ1n) is 8.41. The highest BCUT2D eigenvalue weighted by Gasteiger charge is 2.35. The van der Waals surface area contributed by atoms with Crippen LogP contribution >= 0.6 is 0 Å². The molecule has 1 aromatic carbocycles. The number of nitrogens with one attached hydrogen (secondary N) is 1. The lowest BCUT2D eigenvalue weighted by molar-refractivity contribution is 0.0595. The molecule has 0 saturated carbocycles. The molecule has 3 heteroatoms. The van der Waals surface area contributed by atoms with Crippen LogP contribution in [0, 0.1) is 0 Å². The number of H-pyrrole nitrogens is 1. The van der Waals surface area contributed by atoms with Crippen LogP contribution < -0.4 is 0 Å². The Bertz CT molecular complexity index is 624. The molecule has 2 unspecified atom stereocenters. The molecular weight excluding hydrogens is 275 g/mol. The Kier molecular flexibility index (Phi) is 4.96. The molecule has 0 radical (unpaired) electrons. The Balaban J connectivity index is 0.000000847. The largest absolute Gasteiger partial charge is 0.357 e. The van der Waals surface area contributed by atoms with Crippen molar-refractivity contribution in [2.45, 2.75) is 65.7 Å². The van der Waals surface area contributed by atoms with Crippen molar-refractivity contribution >= 4 is 10.9 Å². The highest BCUT2D eigenvalue weighted by molar-refractivity contribution is 5.85. The van der Waals surface area contributed by atoms with Gasteiger partial charge < -0.3 is 4.98 Å². The van der Waals surface area contributed by atoms with E-state index in [9.17, 15) is 4.39 Å². The van der Waals surface area contributed by atoms with E-state index >= 15 is 0 Å². The summed E-state index contributed by atoms with van der Waals surface area (Å²) in [4.78, 5) is 5.81. The Morgan fingerprint density at radius 3 is 2.50 bits per heavy atom. The molecule has 122 valence electrons. The van der Waals surface area contributed by atoms with Gasteiger partial charge in [0.2, 0.25) is 0 Å². The fourth-order valence-electron chi connectivity index (χ4n) is 3.48. The van der Waals surface area contributed by atoms with E-state index in [1.807, 2.05) is 13.8 Å². The van der Waals surface area contributed by atoms with Crippen molar-refractivity contribution in [3.8, 4) is 0 Å². The third-order valence-electron chi connectivity index (χ3n) is 4.39. The van der Waals surface area contributed by atoms with E-state index < -0.39 is 5.67 Å². The lowest BCUT2D eigenvalue weighted by atomic mass is 9.92. The van der Waals surface area contributed by atoms with Crippen molar-refractivity contribution in [3.63, 3.8) is 0 Å².